The van der Waals surface area contributed by atoms with E-state index in [0.717, 1.165) is 116 Å². The van der Waals surface area contributed by atoms with E-state index in [9.17, 15) is 19.5 Å². The monoisotopic (exact) mass is 1040 g/mol. The van der Waals surface area contributed by atoms with Crippen LogP contribution in [0.25, 0.3) is 0 Å². The number of quaternary nitrogens is 1. The molecule has 0 N–H and O–H groups in total. The van der Waals surface area contributed by atoms with Crippen LogP contribution in [0.15, 0.2) is 122 Å². The Morgan fingerprint density at radius 2 is 0.760 bits per heavy atom. The molecule has 0 heterocycles. The summed E-state index contributed by atoms with van der Waals surface area (Å²) in [7, 11) is 5.91. The molecule has 2 atom stereocenters. The minimum absolute atomic E-state index is 0.138. The highest BCUT2D eigenvalue weighted by molar-refractivity contribution is 5.70. The van der Waals surface area contributed by atoms with E-state index in [0.29, 0.717) is 17.4 Å². The molecule has 0 aliphatic carbocycles. The molecule has 0 bridgehead atoms. The lowest BCUT2D eigenvalue weighted by Gasteiger charge is -2.26. The molecular weight excluding hydrogens is 935 g/mol. The van der Waals surface area contributed by atoms with E-state index in [1.807, 2.05) is 21.1 Å². The summed E-state index contributed by atoms with van der Waals surface area (Å²) in [5, 5.41) is 11.8. The van der Waals surface area contributed by atoms with Crippen LogP contribution in [0.4, 0.5) is 0 Å². The van der Waals surface area contributed by atoms with Crippen LogP contribution >= 0.6 is 0 Å². The number of unbranched alkanes of at least 4 members (excludes halogenated alkanes) is 18. The van der Waals surface area contributed by atoms with Gasteiger partial charge in [-0.25, -0.2) is 0 Å². The molecule has 0 aliphatic rings. The molecule has 0 saturated carbocycles. The lowest BCUT2D eigenvalue weighted by atomic mass is 10.1. The van der Waals surface area contributed by atoms with Crippen LogP contribution in [-0.4, -0.2) is 82.3 Å². The molecule has 0 saturated heterocycles. The number of esters is 2. The zero-order chi connectivity index (χ0) is 54.8. The van der Waals surface area contributed by atoms with Gasteiger partial charge in [0.2, 0.25) is 0 Å². The number of ether oxygens (including phenoxy) is 4. The first-order chi connectivity index (χ1) is 36.6. The van der Waals surface area contributed by atoms with Crippen LogP contribution in [0.3, 0.4) is 0 Å². The lowest BCUT2D eigenvalue weighted by Crippen LogP contribution is -2.44. The van der Waals surface area contributed by atoms with E-state index in [1.54, 1.807) is 0 Å². The van der Waals surface area contributed by atoms with Gasteiger partial charge in [-0.3, -0.25) is 9.59 Å². The summed E-state index contributed by atoms with van der Waals surface area (Å²) in [5.41, 5.74) is 0. The Balaban J connectivity index is 4.27. The number of carbonyl (C=O) groups is 3. The number of carboxylic acid groups (broad SMARTS) is 1. The van der Waals surface area contributed by atoms with Gasteiger partial charge in [-0.05, 0) is 109 Å². The van der Waals surface area contributed by atoms with Crippen LogP contribution < -0.4 is 5.11 Å². The fourth-order valence-corrected chi connectivity index (χ4v) is 7.64. The Morgan fingerprint density at radius 1 is 0.413 bits per heavy atom. The molecular formula is C66H109NO8. The van der Waals surface area contributed by atoms with Gasteiger partial charge in [0.25, 0.3) is 0 Å². The van der Waals surface area contributed by atoms with Crippen LogP contribution in [0.2, 0.25) is 0 Å². The second-order valence-corrected chi connectivity index (χ2v) is 20.5. The maximum atomic E-state index is 12.9. The van der Waals surface area contributed by atoms with E-state index in [-0.39, 0.29) is 38.6 Å². The predicted molar refractivity (Wildman–Crippen MR) is 315 cm³/mol. The maximum Gasteiger partial charge on any atom is 0.306 e. The smallest absolute Gasteiger partial charge is 0.306 e. The number of likely N-dealkylation sites (N-methyl/N-ethyl adjacent to an activating group) is 1. The lowest BCUT2D eigenvalue weighted by molar-refractivity contribution is -0.870. The second kappa shape index (κ2) is 55.9. The topological polar surface area (TPSA) is 111 Å². The summed E-state index contributed by atoms with van der Waals surface area (Å²) >= 11 is 0. The first-order valence-corrected chi connectivity index (χ1v) is 29.7. The molecule has 0 aliphatic heterocycles. The zero-order valence-electron chi connectivity index (χ0n) is 48.4. The Kier molecular flexibility index (Phi) is 52.7. The second-order valence-electron chi connectivity index (χ2n) is 20.5. The van der Waals surface area contributed by atoms with Gasteiger partial charge in [-0.1, -0.05) is 219 Å². The summed E-state index contributed by atoms with van der Waals surface area (Å²) in [5.74, 6) is -2.32. The van der Waals surface area contributed by atoms with Crippen molar-refractivity contribution >= 4 is 17.9 Å². The van der Waals surface area contributed by atoms with E-state index < -0.39 is 24.3 Å². The molecule has 0 aromatic carbocycles. The minimum atomic E-state index is -1.63. The molecule has 0 spiro atoms. The Hall–Kier alpha value is -4.31. The Labute approximate surface area is 459 Å². The fraction of sp³-hybridized carbons (Fsp3) is 0.652. The summed E-state index contributed by atoms with van der Waals surface area (Å²) in [4.78, 5) is 37.3. The van der Waals surface area contributed by atoms with Crippen molar-refractivity contribution in [3.05, 3.63) is 122 Å². The van der Waals surface area contributed by atoms with Gasteiger partial charge in [0.1, 0.15) is 13.2 Å². The van der Waals surface area contributed by atoms with E-state index >= 15 is 0 Å². The summed E-state index contributed by atoms with van der Waals surface area (Å²) in [6.45, 7) is 4.57. The highest BCUT2D eigenvalue weighted by Gasteiger charge is 2.22. The van der Waals surface area contributed by atoms with Crippen molar-refractivity contribution in [3.63, 3.8) is 0 Å². The van der Waals surface area contributed by atoms with Gasteiger partial charge in [0.15, 0.2) is 12.4 Å². The SMILES string of the molecule is CC/C=C\C/C=C\C/C=C\C/C=C\C/C=C\C/C=C\C/C=C\C/C=C\CCCCCCCCCCC(=O)OC(COC(=O)CCCCCCCCC/C=C\C/C=C\CCCCC)COC(OCC[N+](C)(C)C)C(=O)[O-]. The van der Waals surface area contributed by atoms with Crippen LogP contribution in [0.5, 0.6) is 0 Å². The molecule has 0 amide bonds. The summed E-state index contributed by atoms with van der Waals surface area (Å²) < 4.78 is 22.7. The molecule has 9 nitrogen and oxygen atoms in total. The average Bonchev–Trinajstić information content (AvgIpc) is 3.38. The third-order valence-corrected chi connectivity index (χ3v) is 12.2. The van der Waals surface area contributed by atoms with E-state index in [2.05, 4.69) is 135 Å². The first-order valence-electron chi connectivity index (χ1n) is 29.7. The van der Waals surface area contributed by atoms with Crippen LogP contribution in [0, 0.1) is 0 Å². The minimum Gasteiger partial charge on any atom is -0.545 e. The largest absolute Gasteiger partial charge is 0.545 e. The maximum absolute atomic E-state index is 12.9. The highest BCUT2D eigenvalue weighted by Crippen LogP contribution is 2.14. The third kappa shape index (κ3) is 57.2. The molecule has 9 heteroatoms. The third-order valence-electron chi connectivity index (χ3n) is 12.2. The standard InChI is InChI=1S/C66H109NO8/c1-6-8-10-12-14-16-18-20-22-24-25-26-27-28-29-30-31-32-33-34-35-36-37-38-39-41-43-45-47-49-51-53-55-57-64(69)75-62(61-74-66(65(70)71)72-59-58-67(3,4)5)60-73-63(68)56-54-52-50-48-46-44-42-40-23-21-19-17-15-13-11-9-7-2/h8,10,14-17,20-23,25-26,28-29,31-32,34-35,37-38,62,66H,6-7,9,11-13,18-19,24,27,30,33,36,39-61H2,1-5H3/b10-8-,16-14-,17-15-,22-20-,23-21-,26-25-,29-28-,32-31-,35-34-,38-37-. The quantitative estimate of drug-likeness (QED) is 0.0195. The van der Waals surface area contributed by atoms with Crippen molar-refractivity contribution in [3.8, 4) is 0 Å². The number of hydrogen-bond acceptors (Lipinski definition) is 8. The number of carbonyl (C=O) groups excluding carboxylic acids is 3. The molecule has 75 heavy (non-hydrogen) atoms. The number of nitrogens with zero attached hydrogens (tertiary/aromatic N) is 1. The normalized spacial score (nSPS) is 13.7. The molecule has 0 fully saturated rings. The summed E-state index contributed by atoms with van der Waals surface area (Å²) in [6.07, 6.45) is 75.3. The van der Waals surface area contributed by atoms with Crippen molar-refractivity contribution in [1.82, 2.24) is 0 Å². The first kappa shape index (κ1) is 70.7. The van der Waals surface area contributed by atoms with Crippen molar-refractivity contribution in [2.45, 2.75) is 232 Å². The van der Waals surface area contributed by atoms with E-state index in [1.165, 1.54) is 70.6 Å². The Morgan fingerprint density at radius 3 is 1.13 bits per heavy atom. The van der Waals surface area contributed by atoms with Crippen molar-refractivity contribution in [2.75, 3.05) is 47.5 Å². The highest BCUT2D eigenvalue weighted by atomic mass is 16.7. The fourth-order valence-electron chi connectivity index (χ4n) is 7.64. The average molecular weight is 1040 g/mol. The number of hydrogen-bond donors (Lipinski definition) is 0. The molecule has 2 unspecified atom stereocenters. The van der Waals surface area contributed by atoms with Crippen molar-refractivity contribution in [2.24, 2.45) is 0 Å². The zero-order valence-corrected chi connectivity index (χ0v) is 48.4. The van der Waals surface area contributed by atoms with Gasteiger partial charge in [-0.15, -0.1) is 0 Å². The summed E-state index contributed by atoms with van der Waals surface area (Å²) in [6, 6.07) is 0. The van der Waals surface area contributed by atoms with Gasteiger partial charge in [-0.2, -0.15) is 0 Å². The molecule has 0 rings (SSSR count). The molecule has 426 valence electrons. The van der Waals surface area contributed by atoms with Crippen molar-refractivity contribution in [1.29, 1.82) is 0 Å². The Bertz CT molecular complexity index is 1640. The van der Waals surface area contributed by atoms with Crippen LogP contribution in [-0.2, 0) is 33.3 Å². The number of aliphatic carboxylic acids is 1. The number of carboxylic acids is 1. The molecule has 0 aromatic heterocycles. The number of allylic oxidation sites excluding steroid dienone is 20. The van der Waals surface area contributed by atoms with Gasteiger partial charge >= 0.3 is 11.9 Å². The van der Waals surface area contributed by atoms with E-state index in [4.69, 9.17) is 18.9 Å². The van der Waals surface area contributed by atoms with Gasteiger partial charge in [0, 0.05) is 12.8 Å². The predicted octanol–water partition coefficient (Wildman–Crippen LogP) is 16.3. The molecule has 0 aromatic rings. The van der Waals surface area contributed by atoms with Crippen molar-refractivity contribution < 1.29 is 42.9 Å². The number of rotatable bonds is 53. The molecule has 0 radical (unpaired) electrons. The van der Waals surface area contributed by atoms with Crippen LogP contribution in [0.1, 0.15) is 219 Å². The van der Waals surface area contributed by atoms with Gasteiger partial charge in [0.05, 0.1) is 40.3 Å². The van der Waals surface area contributed by atoms with Gasteiger partial charge < -0.3 is 33.3 Å².